The summed E-state index contributed by atoms with van der Waals surface area (Å²) in [5.74, 6) is -0.134. The number of aryl methyl sites for hydroxylation is 1. The molecule has 0 heterocycles. The van der Waals surface area contributed by atoms with E-state index in [1.54, 1.807) is 0 Å². The number of hydrogen-bond acceptors (Lipinski definition) is 2. The fourth-order valence-electron chi connectivity index (χ4n) is 2.39. The quantitative estimate of drug-likeness (QED) is 0.644. The molecule has 0 bridgehead atoms. The number of anilines is 1. The summed E-state index contributed by atoms with van der Waals surface area (Å²) in [5.41, 5.74) is 8.32. The highest BCUT2D eigenvalue weighted by molar-refractivity contribution is 5.91. The van der Waals surface area contributed by atoms with Gasteiger partial charge in [-0.2, -0.15) is 0 Å². The first-order chi connectivity index (χ1) is 10.5. The second-order valence-corrected chi connectivity index (χ2v) is 5.88. The summed E-state index contributed by atoms with van der Waals surface area (Å²) >= 11 is 0. The normalized spacial score (nSPS) is 10.5. The SMILES string of the molecule is Cc1cccc(NC(=O)CCCCCCCCC(N)=O)c1C. The van der Waals surface area contributed by atoms with Gasteiger partial charge in [0.2, 0.25) is 11.8 Å². The zero-order chi connectivity index (χ0) is 16.4. The van der Waals surface area contributed by atoms with Gasteiger partial charge in [-0.25, -0.2) is 0 Å². The lowest BCUT2D eigenvalue weighted by Gasteiger charge is -2.10. The first kappa shape index (κ1) is 18.2. The van der Waals surface area contributed by atoms with Crippen LogP contribution in [0.25, 0.3) is 0 Å². The van der Waals surface area contributed by atoms with Gasteiger partial charge >= 0.3 is 0 Å². The Morgan fingerprint density at radius 2 is 1.55 bits per heavy atom. The van der Waals surface area contributed by atoms with Gasteiger partial charge < -0.3 is 11.1 Å². The molecule has 0 spiro atoms. The van der Waals surface area contributed by atoms with Crippen molar-refractivity contribution in [3.63, 3.8) is 0 Å². The molecule has 3 N–H and O–H groups in total. The maximum absolute atomic E-state index is 11.9. The van der Waals surface area contributed by atoms with Crippen molar-refractivity contribution in [3.05, 3.63) is 29.3 Å². The van der Waals surface area contributed by atoms with Crippen LogP contribution in [0.5, 0.6) is 0 Å². The van der Waals surface area contributed by atoms with Crippen molar-refractivity contribution in [1.82, 2.24) is 0 Å². The van der Waals surface area contributed by atoms with Crippen LogP contribution in [-0.4, -0.2) is 11.8 Å². The van der Waals surface area contributed by atoms with E-state index in [9.17, 15) is 9.59 Å². The lowest BCUT2D eigenvalue weighted by Crippen LogP contribution is -2.12. The minimum absolute atomic E-state index is 0.0856. The molecule has 22 heavy (non-hydrogen) atoms. The highest BCUT2D eigenvalue weighted by Gasteiger charge is 2.05. The molecule has 0 aromatic heterocycles. The van der Waals surface area contributed by atoms with Gasteiger partial charge in [0.1, 0.15) is 0 Å². The lowest BCUT2D eigenvalue weighted by molar-refractivity contribution is -0.118. The number of carbonyl (C=O) groups is 2. The van der Waals surface area contributed by atoms with E-state index in [2.05, 4.69) is 5.32 Å². The van der Waals surface area contributed by atoms with Crippen molar-refractivity contribution in [2.75, 3.05) is 5.32 Å². The molecule has 1 aromatic rings. The summed E-state index contributed by atoms with van der Waals surface area (Å²) in [6, 6.07) is 5.95. The van der Waals surface area contributed by atoms with E-state index in [1.165, 1.54) is 5.56 Å². The molecule has 1 rings (SSSR count). The van der Waals surface area contributed by atoms with Gasteiger partial charge in [0, 0.05) is 18.5 Å². The summed E-state index contributed by atoms with van der Waals surface area (Å²) < 4.78 is 0. The van der Waals surface area contributed by atoms with Crippen molar-refractivity contribution >= 4 is 17.5 Å². The lowest BCUT2D eigenvalue weighted by atomic mass is 10.1. The second-order valence-electron chi connectivity index (χ2n) is 5.88. The van der Waals surface area contributed by atoms with Crippen LogP contribution in [0, 0.1) is 13.8 Å². The minimum Gasteiger partial charge on any atom is -0.370 e. The molecule has 122 valence electrons. The van der Waals surface area contributed by atoms with Crippen LogP contribution >= 0.6 is 0 Å². The maximum atomic E-state index is 11.9. The molecule has 1 aromatic carbocycles. The van der Waals surface area contributed by atoms with E-state index < -0.39 is 0 Å². The van der Waals surface area contributed by atoms with Crippen molar-refractivity contribution in [1.29, 1.82) is 0 Å². The van der Waals surface area contributed by atoms with Crippen molar-refractivity contribution in [3.8, 4) is 0 Å². The monoisotopic (exact) mass is 304 g/mol. The van der Waals surface area contributed by atoms with Crippen LogP contribution < -0.4 is 11.1 Å². The van der Waals surface area contributed by atoms with E-state index in [1.807, 2.05) is 32.0 Å². The molecule has 4 heteroatoms. The average Bonchev–Trinajstić information content (AvgIpc) is 2.46. The Morgan fingerprint density at radius 1 is 0.955 bits per heavy atom. The van der Waals surface area contributed by atoms with Crippen LogP contribution in [0.4, 0.5) is 5.69 Å². The van der Waals surface area contributed by atoms with Gasteiger partial charge in [0.25, 0.3) is 0 Å². The van der Waals surface area contributed by atoms with Crippen molar-refractivity contribution in [2.45, 2.75) is 65.2 Å². The summed E-state index contributed by atoms with van der Waals surface area (Å²) in [4.78, 5) is 22.5. The third kappa shape index (κ3) is 7.25. The number of nitrogens with two attached hydrogens (primary N) is 1. The molecule has 0 radical (unpaired) electrons. The second kappa shape index (κ2) is 9.98. The number of unbranched alkanes of at least 4 members (excludes halogenated alkanes) is 5. The number of carbonyl (C=O) groups excluding carboxylic acids is 2. The fraction of sp³-hybridized carbons (Fsp3) is 0.556. The van der Waals surface area contributed by atoms with Crippen LogP contribution in [0.3, 0.4) is 0 Å². The summed E-state index contributed by atoms with van der Waals surface area (Å²) in [6.45, 7) is 4.07. The third-order valence-electron chi connectivity index (χ3n) is 3.96. The minimum atomic E-state index is -0.219. The molecule has 0 saturated heterocycles. The van der Waals surface area contributed by atoms with E-state index >= 15 is 0 Å². The Kier molecular flexibility index (Phi) is 8.26. The standard InChI is InChI=1S/C18H28N2O2/c1-14-10-9-11-16(15(14)2)20-18(22)13-8-6-4-3-5-7-12-17(19)21/h9-11H,3-8,12-13H2,1-2H3,(H2,19,21)(H,20,22). The van der Waals surface area contributed by atoms with Crippen molar-refractivity contribution < 1.29 is 9.59 Å². The smallest absolute Gasteiger partial charge is 0.224 e. The van der Waals surface area contributed by atoms with Crippen LogP contribution in [0.2, 0.25) is 0 Å². The zero-order valence-corrected chi connectivity index (χ0v) is 13.8. The van der Waals surface area contributed by atoms with Gasteiger partial charge in [0.15, 0.2) is 0 Å². The van der Waals surface area contributed by atoms with Crippen molar-refractivity contribution in [2.24, 2.45) is 5.73 Å². The number of primary amides is 1. The predicted molar refractivity (Wildman–Crippen MR) is 90.7 cm³/mol. The Labute approximate surface area is 133 Å². The predicted octanol–water partition coefficient (Wildman–Crippen LogP) is 3.85. The molecule has 0 atom stereocenters. The summed E-state index contributed by atoms with van der Waals surface area (Å²) in [6.07, 6.45) is 7.14. The largest absolute Gasteiger partial charge is 0.370 e. The summed E-state index contributed by atoms with van der Waals surface area (Å²) in [7, 11) is 0. The van der Waals surface area contributed by atoms with Crippen LogP contribution in [-0.2, 0) is 9.59 Å². The van der Waals surface area contributed by atoms with Gasteiger partial charge in [-0.1, -0.05) is 37.8 Å². The molecule has 0 fully saturated rings. The topological polar surface area (TPSA) is 72.2 Å². The zero-order valence-electron chi connectivity index (χ0n) is 13.8. The number of rotatable bonds is 10. The highest BCUT2D eigenvalue weighted by atomic mass is 16.1. The van der Waals surface area contributed by atoms with Gasteiger partial charge in [-0.3, -0.25) is 9.59 Å². The van der Waals surface area contributed by atoms with E-state index in [-0.39, 0.29) is 11.8 Å². The molecular formula is C18H28N2O2. The van der Waals surface area contributed by atoms with Crippen LogP contribution in [0.15, 0.2) is 18.2 Å². The van der Waals surface area contributed by atoms with E-state index in [4.69, 9.17) is 5.73 Å². The van der Waals surface area contributed by atoms with Gasteiger partial charge in [0.05, 0.1) is 0 Å². The average molecular weight is 304 g/mol. The molecule has 0 saturated carbocycles. The molecule has 0 aliphatic carbocycles. The Hall–Kier alpha value is -1.84. The number of hydrogen-bond donors (Lipinski definition) is 2. The van der Waals surface area contributed by atoms with E-state index in [0.29, 0.717) is 12.8 Å². The Bertz CT molecular complexity index is 498. The van der Waals surface area contributed by atoms with Gasteiger partial charge in [-0.05, 0) is 43.9 Å². The molecular weight excluding hydrogens is 276 g/mol. The molecule has 0 unspecified atom stereocenters. The highest BCUT2D eigenvalue weighted by Crippen LogP contribution is 2.18. The van der Waals surface area contributed by atoms with Crippen LogP contribution in [0.1, 0.15) is 62.5 Å². The molecule has 0 aliphatic heterocycles. The Balaban J connectivity index is 2.11. The number of nitrogens with one attached hydrogen (secondary N) is 1. The third-order valence-corrected chi connectivity index (χ3v) is 3.96. The maximum Gasteiger partial charge on any atom is 0.224 e. The molecule has 2 amide bonds. The first-order valence-corrected chi connectivity index (χ1v) is 8.15. The summed E-state index contributed by atoms with van der Waals surface area (Å²) in [5, 5.41) is 2.98. The number of benzene rings is 1. The molecule has 4 nitrogen and oxygen atoms in total. The fourth-order valence-corrected chi connectivity index (χ4v) is 2.39. The Morgan fingerprint density at radius 3 is 2.18 bits per heavy atom. The van der Waals surface area contributed by atoms with Gasteiger partial charge in [-0.15, -0.1) is 0 Å². The number of amides is 2. The first-order valence-electron chi connectivity index (χ1n) is 8.15. The molecule has 0 aliphatic rings. The van der Waals surface area contributed by atoms with E-state index in [0.717, 1.165) is 49.8 Å².